The summed E-state index contributed by atoms with van der Waals surface area (Å²) in [6.07, 6.45) is 1.67. The summed E-state index contributed by atoms with van der Waals surface area (Å²) < 4.78 is 1.95. The third-order valence-electron chi connectivity index (χ3n) is 4.93. The number of nitrogens with zero attached hydrogens (tertiary/aromatic N) is 3. The first-order valence-electron chi connectivity index (χ1n) is 9.49. The quantitative estimate of drug-likeness (QED) is 0.196. The summed E-state index contributed by atoms with van der Waals surface area (Å²) in [6.45, 7) is 0. The Bertz CT molecular complexity index is 1170. The number of halogens is 2. The first kappa shape index (κ1) is 22.8. The third kappa shape index (κ3) is 4.40. The van der Waals surface area contributed by atoms with E-state index in [9.17, 15) is 9.59 Å². The predicted molar refractivity (Wildman–Crippen MR) is 134 cm³/mol. The van der Waals surface area contributed by atoms with Crippen LogP contribution >= 0.6 is 35.4 Å². The molecule has 32 heavy (non-hydrogen) atoms. The summed E-state index contributed by atoms with van der Waals surface area (Å²) in [7, 11) is 3.14. The molecule has 0 unspecified atom stereocenters. The van der Waals surface area contributed by atoms with E-state index in [2.05, 4.69) is 4.90 Å². The molecule has 9 heteroatoms. The first-order valence-corrected chi connectivity index (χ1v) is 12.4. The molecule has 1 aliphatic heterocycles. The zero-order valence-electron chi connectivity index (χ0n) is 17.1. The average Bonchev–Trinajstić information content (AvgIpc) is 3.25. The van der Waals surface area contributed by atoms with Crippen molar-refractivity contribution >= 4 is 88.9 Å². The standard InChI is InChI=1S/C23H17Cl2N3O2SSe/c1-26-21(29)19(22(30)27(2)23(26)31)13-18-11-12-20(32-18)28(16-7-3-14(24)4-8-16)17-9-5-15(25)6-10-17/h3-13H,1-2H3. The summed E-state index contributed by atoms with van der Waals surface area (Å²) in [6, 6.07) is 19.1. The second-order valence-corrected chi connectivity index (χ2v) is 10.6. The van der Waals surface area contributed by atoms with Gasteiger partial charge in [-0.1, -0.05) is 0 Å². The third-order valence-corrected chi connectivity index (χ3v) is 8.12. The van der Waals surface area contributed by atoms with Gasteiger partial charge in [0.05, 0.1) is 0 Å². The number of anilines is 3. The molecule has 1 aromatic heterocycles. The van der Waals surface area contributed by atoms with Gasteiger partial charge >= 0.3 is 208 Å². The van der Waals surface area contributed by atoms with Crippen molar-refractivity contribution in [2.24, 2.45) is 0 Å². The number of carbonyl (C=O) groups is 2. The van der Waals surface area contributed by atoms with Gasteiger partial charge in [-0.05, 0) is 0 Å². The molecule has 2 heterocycles. The Labute approximate surface area is 207 Å². The van der Waals surface area contributed by atoms with Gasteiger partial charge in [0.2, 0.25) is 0 Å². The van der Waals surface area contributed by atoms with Gasteiger partial charge in [-0.15, -0.1) is 0 Å². The van der Waals surface area contributed by atoms with Crippen molar-refractivity contribution in [2.75, 3.05) is 19.0 Å². The van der Waals surface area contributed by atoms with Gasteiger partial charge in [0.1, 0.15) is 0 Å². The SMILES string of the molecule is CN1C(=O)C(=Cc2ccc(N(c3ccc(Cl)cc3)c3ccc(Cl)cc3)[se]2)C(=O)N(C)C1=S. The Kier molecular flexibility index (Phi) is 6.56. The normalized spacial score (nSPS) is 14.2. The second-order valence-electron chi connectivity index (χ2n) is 7.03. The zero-order valence-corrected chi connectivity index (χ0v) is 21.1. The Balaban J connectivity index is 1.75. The molecule has 0 N–H and O–H groups in total. The van der Waals surface area contributed by atoms with Crippen LogP contribution in [0, 0.1) is 0 Å². The van der Waals surface area contributed by atoms with Crippen molar-refractivity contribution in [3.63, 3.8) is 0 Å². The second kappa shape index (κ2) is 9.22. The topological polar surface area (TPSA) is 43.9 Å². The van der Waals surface area contributed by atoms with Crippen LogP contribution in [0.15, 0.2) is 66.2 Å². The number of benzene rings is 2. The molecule has 2 amide bonds. The van der Waals surface area contributed by atoms with Crippen LogP contribution in [0.25, 0.3) is 6.08 Å². The van der Waals surface area contributed by atoms with Crippen LogP contribution in [0.2, 0.25) is 10.0 Å². The van der Waals surface area contributed by atoms with Gasteiger partial charge in [0.25, 0.3) is 0 Å². The van der Waals surface area contributed by atoms with E-state index in [-0.39, 0.29) is 25.2 Å². The molecule has 4 rings (SSSR count). The molecular weight excluding hydrogens is 532 g/mol. The fourth-order valence-electron chi connectivity index (χ4n) is 3.24. The Morgan fingerprint density at radius 1 is 0.812 bits per heavy atom. The zero-order chi connectivity index (χ0) is 23.0. The maximum absolute atomic E-state index is 12.7. The molecule has 5 nitrogen and oxygen atoms in total. The van der Waals surface area contributed by atoms with Gasteiger partial charge in [-0.25, -0.2) is 0 Å². The van der Waals surface area contributed by atoms with Crippen LogP contribution in [-0.4, -0.2) is 55.3 Å². The van der Waals surface area contributed by atoms with E-state index < -0.39 is 11.8 Å². The van der Waals surface area contributed by atoms with Gasteiger partial charge in [-0.2, -0.15) is 0 Å². The molecule has 2 aromatic carbocycles. The van der Waals surface area contributed by atoms with E-state index in [0.717, 1.165) is 20.4 Å². The summed E-state index contributed by atoms with van der Waals surface area (Å²) in [5, 5.41) is 1.50. The number of carbonyl (C=O) groups excluding carboxylic acids is 2. The molecular formula is C23H17Cl2N3O2SSe. The summed E-state index contributed by atoms with van der Waals surface area (Å²) >= 11 is 17.2. The van der Waals surface area contributed by atoms with Crippen molar-refractivity contribution in [2.45, 2.75) is 0 Å². The number of amides is 2. The van der Waals surface area contributed by atoms with Gasteiger partial charge in [-0.3, -0.25) is 0 Å². The molecule has 3 aromatic rings. The molecule has 1 aliphatic rings. The summed E-state index contributed by atoms with van der Waals surface area (Å²) in [4.78, 5) is 30.0. The number of rotatable bonds is 4. The van der Waals surface area contributed by atoms with E-state index in [1.807, 2.05) is 60.7 Å². The molecule has 1 fully saturated rings. The van der Waals surface area contributed by atoms with E-state index in [1.165, 1.54) is 9.80 Å². The van der Waals surface area contributed by atoms with Gasteiger partial charge < -0.3 is 0 Å². The van der Waals surface area contributed by atoms with Crippen LogP contribution < -0.4 is 4.90 Å². The van der Waals surface area contributed by atoms with E-state index in [0.29, 0.717) is 10.0 Å². The molecule has 0 atom stereocenters. The minimum absolute atomic E-state index is 0.107. The van der Waals surface area contributed by atoms with Crippen molar-refractivity contribution in [1.29, 1.82) is 0 Å². The Morgan fingerprint density at radius 2 is 1.28 bits per heavy atom. The number of thiocarbonyl (C=S) groups is 1. The Hall–Kier alpha value is -2.41. The Morgan fingerprint density at radius 3 is 1.75 bits per heavy atom. The van der Waals surface area contributed by atoms with Crippen LogP contribution in [-0.2, 0) is 9.59 Å². The number of hydrogen-bond acceptors (Lipinski definition) is 4. The van der Waals surface area contributed by atoms with Crippen molar-refractivity contribution in [3.8, 4) is 0 Å². The molecule has 1 saturated heterocycles. The molecule has 162 valence electrons. The van der Waals surface area contributed by atoms with Crippen molar-refractivity contribution in [3.05, 3.63) is 80.7 Å². The van der Waals surface area contributed by atoms with Crippen molar-refractivity contribution in [1.82, 2.24) is 9.80 Å². The van der Waals surface area contributed by atoms with E-state index in [1.54, 1.807) is 20.2 Å². The summed E-state index contributed by atoms with van der Waals surface area (Å²) in [5.74, 6) is -0.786. The first-order chi connectivity index (χ1) is 15.3. The maximum atomic E-state index is 12.7. The van der Waals surface area contributed by atoms with Crippen molar-refractivity contribution < 1.29 is 9.59 Å². The fourth-order valence-corrected chi connectivity index (χ4v) is 5.74. The predicted octanol–water partition coefficient (Wildman–Crippen LogP) is 5.12. The average molecular weight is 549 g/mol. The van der Waals surface area contributed by atoms with E-state index in [4.69, 9.17) is 35.4 Å². The van der Waals surface area contributed by atoms with Crippen LogP contribution in [0.5, 0.6) is 0 Å². The minimum atomic E-state index is -0.393. The molecule has 0 radical (unpaired) electrons. The monoisotopic (exact) mass is 549 g/mol. The van der Waals surface area contributed by atoms with Crippen LogP contribution in [0.1, 0.15) is 4.44 Å². The van der Waals surface area contributed by atoms with Crippen LogP contribution in [0.3, 0.4) is 0 Å². The number of likely N-dealkylation sites (N-methyl/N-ethyl adjacent to an activating group) is 2. The molecule has 0 saturated carbocycles. The van der Waals surface area contributed by atoms with Gasteiger partial charge in [0, 0.05) is 0 Å². The molecule has 0 spiro atoms. The molecule has 0 bridgehead atoms. The summed E-state index contributed by atoms with van der Waals surface area (Å²) in [5.41, 5.74) is 2.00. The number of hydrogen-bond donors (Lipinski definition) is 0. The molecule has 0 aliphatic carbocycles. The van der Waals surface area contributed by atoms with E-state index >= 15 is 0 Å². The van der Waals surface area contributed by atoms with Gasteiger partial charge in [0.15, 0.2) is 0 Å². The van der Waals surface area contributed by atoms with Crippen LogP contribution in [0.4, 0.5) is 15.9 Å². The fraction of sp³-hybridized carbons (Fsp3) is 0.0870.